The number of rotatable bonds is 3. The van der Waals surface area contributed by atoms with Crippen LogP contribution in [0, 0.1) is 0 Å². The summed E-state index contributed by atoms with van der Waals surface area (Å²) in [5.41, 5.74) is -0.981. The number of hydrogen-bond acceptors (Lipinski definition) is 2. The Balaban J connectivity index is 2.31. The zero-order valence-electron chi connectivity index (χ0n) is 10.4. The molecule has 0 aliphatic rings. The quantitative estimate of drug-likeness (QED) is 0.753. The number of carbonyl (C=O) groups is 1. The van der Waals surface area contributed by atoms with E-state index in [0.717, 1.165) is 18.5 Å². The molecule has 2 nitrogen and oxygen atoms in total. The van der Waals surface area contributed by atoms with Crippen LogP contribution in [0.5, 0.6) is 0 Å². The van der Waals surface area contributed by atoms with Gasteiger partial charge in [-0.15, -0.1) is 0 Å². The second kappa shape index (κ2) is 6.03. The molecule has 0 saturated carbocycles. The van der Waals surface area contributed by atoms with Crippen molar-refractivity contribution in [3.63, 3.8) is 0 Å². The average molecular weight is 334 g/mol. The molecule has 21 heavy (non-hydrogen) atoms. The minimum atomic E-state index is -4.61. The van der Waals surface area contributed by atoms with Gasteiger partial charge in [0.1, 0.15) is 0 Å². The van der Waals surface area contributed by atoms with Crippen molar-refractivity contribution in [1.82, 2.24) is 4.98 Å². The SMILES string of the molecule is O=C(Cc1ccc(Cl)c(Cl)c1)c1cnccc1C(F)(F)F. The molecule has 0 aliphatic heterocycles. The number of benzene rings is 1. The van der Waals surface area contributed by atoms with Gasteiger partial charge in [-0.2, -0.15) is 13.2 Å². The molecule has 1 heterocycles. The Morgan fingerprint density at radius 3 is 2.48 bits per heavy atom. The Kier molecular flexibility index (Phi) is 4.54. The first-order valence-corrected chi connectivity index (χ1v) is 6.53. The molecule has 0 fully saturated rings. The fourth-order valence-corrected chi connectivity index (χ4v) is 2.11. The van der Waals surface area contributed by atoms with Gasteiger partial charge in [-0.3, -0.25) is 9.78 Å². The van der Waals surface area contributed by atoms with E-state index in [0.29, 0.717) is 10.6 Å². The highest BCUT2D eigenvalue weighted by atomic mass is 35.5. The molecule has 0 aliphatic carbocycles. The van der Waals surface area contributed by atoms with Crippen molar-refractivity contribution in [2.45, 2.75) is 12.6 Å². The number of pyridine rings is 1. The van der Waals surface area contributed by atoms with Crippen molar-refractivity contribution in [3.8, 4) is 0 Å². The maximum Gasteiger partial charge on any atom is 0.417 e. The van der Waals surface area contributed by atoms with E-state index >= 15 is 0 Å². The monoisotopic (exact) mass is 333 g/mol. The summed E-state index contributed by atoms with van der Waals surface area (Å²) in [6.45, 7) is 0. The van der Waals surface area contributed by atoms with E-state index in [-0.39, 0.29) is 11.4 Å². The highest BCUT2D eigenvalue weighted by Gasteiger charge is 2.35. The van der Waals surface area contributed by atoms with E-state index in [9.17, 15) is 18.0 Å². The van der Waals surface area contributed by atoms with Crippen LogP contribution >= 0.6 is 23.2 Å². The van der Waals surface area contributed by atoms with Crippen LogP contribution in [-0.2, 0) is 12.6 Å². The first-order chi connectivity index (χ1) is 9.79. The van der Waals surface area contributed by atoms with Gasteiger partial charge in [0.15, 0.2) is 5.78 Å². The average Bonchev–Trinajstić information content (AvgIpc) is 2.42. The molecule has 0 radical (unpaired) electrons. The lowest BCUT2D eigenvalue weighted by atomic mass is 10.0. The summed E-state index contributed by atoms with van der Waals surface area (Å²) < 4.78 is 38.5. The summed E-state index contributed by atoms with van der Waals surface area (Å²) in [5.74, 6) is -0.686. The molecule has 1 aromatic heterocycles. The van der Waals surface area contributed by atoms with E-state index in [1.54, 1.807) is 0 Å². The molecule has 0 amide bonds. The highest BCUT2D eigenvalue weighted by molar-refractivity contribution is 6.42. The number of Topliss-reactive ketones (excluding diaryl/α,β-unsaturated/α-hetero) is 1. The molecule has 7 heteroatoms. The van der Waals surface area contributed by atoms with Crippen molar-refractivity contribution < 1.29 is 18.0 Å². The number of halogens is 5. The van der Waals surface area contributed by atoms with Crippen LogP contribution in [0.3, 0.4) is 0 Å². The summed E-state index contributed by atoms with van der Waals surface area (Å²) in [7, 11) is 0. The van der Waals surface area contributed by atoms with Crippen molar-refractivity contribution in [2.75, 3.05) is 0 Å². The molecular weight excluding hydrogens is 326 g/mol. The third kappa shape index (κ3) is 3.74. The van der Waals surface area contributed by atoms with Gasteiger partial charge in [0, 0.05) is 24.4 Å². The highest BCUT2D eigenvalue weighted by Crippen LogP contribution is 2.32. The standard InChI is InChI=1S/C14H8Cl2F3NO/c15-11-2-1-8(5-12(11)16)6-13(21)9-7-20-4-3-10(9)14(17,18)19/h1-5,7H,6H2. The summed E-state index contributed by atoms with van der Waals surface area (Å²) in [6.07, 6.45) is -2.90. The van der Waals surface area contributed by atoms with Crippen LogP contribution < -0.4 is 0 Å². The number of nitrogens with zero attached hydrogens (tertiary/aromatic N) is 1. The number of ketones is 1. The van der Waals surface area contributed by atoms with Gasteiger partial charge in [0.05, 0.1) is 15.6 Å². The summed E-state index contributed by atoms with van der Waals surface area (Å²) in [6, 6.07) is 5.25. The van der Waals surface area contributed by atoms with Gasteiger partial charge in [-0.1, -0.05) is 29.3 Å². The van der Waals surface area contributed by atoms with E-state index < -0.39 is 23.1 Å². The molecule has 0 bridgehead atoms. The van der Waals surface area contributed by atoms with E-state index in [4.69, 9.17) is 23.2 Å². The second-order valence-corrected chi connectivity index (χ2v) is 5.08. The Hall–Kier alpha value is -1.59. The number of aromatic nitrogens is 1. The Morgan fingerprint density at radius 2 is 1.86 bits per heavy atom. The molecule has 1 aromatic carbocycles. The largest absolute Gasteiger partial charge is 0.417 e. The lowest BCUT2D eigenvalue weighted by Gasteiger charge is -2.11. The number of alkyl halides is 3. The van der Waals surface area contributed by atoms with Gasteiger partial charge >= 0.3 is 6.18 Å². The number of carbonyl (C=O) groups excluding carboxylic acids is 1. The fraction of sp³-hybridized carbons (Fsp3) is 0.143. The summed E-state index contributed by atoms with van der Waals surface area (Å²) in [5, 5.41) is 0.550. The zero-order valence-corrected chi connectivity index (χ0v) is 11.9. The lowest BCUT2D eigenvalue weighted by molar-refractivity contribution is -0.138. The fourth-order valence-electron chi connectivity index (χ4n) is 1.79. The van der Waals surface area contributed by atoms with Crippen molar-refractivity contribution in [2.24, 2.45) is 0 Å². The zero-order chi connectivity index (χ0) is 15.6. The van der Waals surface area contributed by atoms with Crippen LogP contribution in [0.25, 0.3) is 0 Å². The summed E-state index contributed by atoms with van der Waals surface area (Å²) in [4.78, 5) is 15.6. The third-order valence-corrected chi connectivity index (χ3v) is 3.51. The topological polar surface area (TPSA) is 30.0 Å². The molecular formula is C14H8Cl2F3NO. The van der Waals surface area contributed by atoms with Crippen LogP contribution in [0.15, 0.2) is 36.7 Å². The van der Waals surface area contributed by atoms with Crippen LogP contribution in [-0.4, -0.2) is 10.8 Å². The minimum Gasteiger partial charge on any atom is -0.294 e. The maximum atomic E-state index is 12.8. The molecule has 0 saturated heterocycles. The van der Waals surface area contributed by atoms with Crippen molar-refractivity contribution in [3.05, 3.63) is 63.4 Å². The van der Waals surface area contributed by atoms with E-state index in [2.05, 4.69) is 4.98 Å². The molecule has 2 aromatic rings. The maximum absolute atomic E-state index is 12.8. The van der Waals surface area contributed by atoms with Crippen LogP contribution in [0.4, 0.5) is 13.2 Å². The normalized spacial score (nSPS) is 11.5. The van der Waals surface area contributed by atoms with Crippen molar-refractivity contribution in [1.29, 1.82) is 0 Å². The van der Waals surface area contributed by atoms with E-state index in [1.807, 2.05) is 0 Å². The Morgan fingerprint density at radius 1 is 1.14 bits per heavy atom. The van der Waals surface area contributed by atoms with Gasteiger partial charge in [-0.05, 0) is 23.8 Å². The van der Waals surface area contributed by atoms with Gasteiger partial charge in [0.2, 0.25) is 0 Å². The van der Waals surface area contributed by atoms with Gasteiger partial charge < -0.3 is 0 Å². The summed E-state index contributed by atoms with van der Waals surface area (Å²) >= 11 is 11.6. The van der Waals surface area contributed by atoms with Crippen molar-refractivity contribution >= 4 is 29.0 Å². The van der Waals surface area contributed by atoms with Crippen LogP contribution in [0.2, 0.25) is 10.0 Å². The predicted octanol–water partition coefficient (Wildman–Crippen LogP) is 4.83. The molecule has 110 valence electrons. The molecule has 0 unspecified atom stereocenters. The third-order valence-electron chi connectivity index (χ3n) is 2.78. The molecule has 2 rings (SSSR count). The molecule has 0 spiro atoms. The first-order valence-electron chi connectivity index (χ1n) is 5.77. The Bertz CT molecular complexity index is 686. The first kappa shape index (κ1) is 15.8. The van der Waals surface area contributed by atoms with Crippen LogP contribution in [0.1, 0.15) is 21.5 Å². The molecule has 0 N–H and O–H groups in total. The second-order valence-electron chi connectivity index (χ2n) is 4.27. The Labute approximate surface area is 128 Å². The van der Waals surface area contributed by atoms with Gasteiger partial charge in [0.25, 0.3) is 0 Å². The lowest BCUT2D eigenvalue weighted by Crippen LogP contribution is -2.15. The number of hydrogen-bond donors (Lipinski definition) is 0. The predicted molar refractivity (Wildman–Crippen MR) is 73.7 cm³/mol. The van der Waals surface area contributed by atoms with E-state index in [1.165, 1.54) is 18.2 Å². The molecule has 0 atom stereocenters. The smallest absolute Gasteiger partial charge is 0.294 e. The van der Waals surface area contributed by atoms with Gasteiger partial charge in [-0.25, -0.2) is 0 Å². The minimum absolute atomic E-state index is 0.217.